The van der Waals surface area contributed by atoms with Gasteiger partial charge in [-0.1, -0.05) is 12.1 Å². The predicted octanol–water partition coefficient (Wildman–Crippen LogP) is 4.22. The van der Waals surface area contributed by atoms with Gasteiger partial charge in [0, 0.05) is 16.2 Å². The third-order valence-corrected chi connectivity index (χ3v) is 4.13. The minimum atomic E-state index is -0.388. The van der Waals surface area contributed by atoms with Gasteiger partial charge >= 0.3 is 0 Å². The standard InChI is InChI=1S/C20H13BrN4O2/c21-15-9-10-18(23-12-15)25-20(27)16-3-1-2-4-17(16)24-19(26)14-7-5-13(11-22)6-8-14/h1-10,12H,(H,24,26)(H,23,25,27). The van der Waals surface area contributed by atoms with E-state index in [1.54, 1.807) is 66.9 Å². The van der Waals surface area contributed by atoms with Crippen molar-refractivity contribution in [3.63, 3.8) is 0 Å². The second-order valence-corrected chi connectivity index (χ2v) is 6.42. The Morgan fingerprint density at radius 3 is 2.33 bits per heavy atom. The summed E-state index contributed by atoms with van der Waals surface area (Å²) in [6, 6.07) is 18.4. The van der Waals surface area contributed by atoms with Crippen molar-refractivity contribution in [1.82, 2.24) is 4.98 Å². The van der Waals surface area contributed by atoms with Crippen LogP contribution in [0.3, 0.4) is 0 Å². The third-order valence-electron chi connectivity index (χ3n) is 3.67. The summed E-state index contributed by atoms with van der Waals surface area (Å²) in [7, 11) is 0. The molecule has 0 radical (unpaired) electrons. The van der Waals surface area contributed by atoms with Gasteiger partial charge in [0.1, 0.15) is 5.82 Å². The van der Waals surface area contributed by atoms with E-state index in [-0.39, 0.29) is 11.8 Å². The van der Waals surface area contributed by atoms with Crippen molar-refractivity contribution < 1.29 is 9.59 Å². The van der Waals surface area contributed by atoms with Crippen LogP contribution in [0, 0.1) is 11.3 Å². The Bertz CT molecular complexity index is 1030. The molecule has 0 bridgehead atoms. The number of hydrogen-bond donors (Lipinski definition) is 2. The first-order valence-corrected chi connectivity index (χ1v) is 8.69. The fourth-order valence-electron chi connectivity index (χ4n) is 2.31. The Morgan fingerprint density at radius 2 is 1.67 bits per heavy atom. The summed E-state index contributed by atoms with van der Waals surface area (Å²) in [4.78, 5) is 29.1. The number of nitriles is 1. The number of halogens is 1. The molecule has 0 unspecified atom stereocenters. The van der Waals surface area contributed by atoms with E-state index in [2.05, 4.69) is 31.5 Å². The van der Waals surface area contributed by atoms with E-state index >= 15 is 0 Å². The number of rotatable bonds is 4. The summed E-state index contributed by atoms with van der Waals surface area (Å²) in [5, 5.41) is 14.3. The molecule has 0 saturated heterocycles. The molecule has 1 heterocycles. The van der Waals surface area contributed by atoms with Gasteiger partial charge in [0.25, 0.3) is 11.8 Å². The predicted molar refractivity (Wildman–Crippen MR) is 105 cm³/mol. The van der Waals surface area contributed by atoms with Gasteiger partial charge in [0.05, 0.1) is 22.9 Å². The van der Waals surface area contributed by atoms with Crippen LogP contribution in [0.4, 0.5) is 11.5 Å². The normalized spacial score (nSPS) is 9.93. The van der Waals surface area contributed by atoms with Crippen LogP contribution >= 0.6 is 15.9 Å². The maximum atomic E-state index is 12.6. The average Bonchev–Trinajstić information content (AvgIpc) is 2.70. The number of benzene rings is 2. The van der Waals surface area contributed by atoms with Crippen LogP contribution in [-0.2, 0) is 0 Å². The number of nitrogens with zero attached hydrogens (tertiary/aromatic N) is 2. The lowest BCUT2D eigenvalue weighted by Gasteiger charge is -2.11. The SMILES string of the molecule is N#Cc1ccc(C(=O)Nc2ccccc2C(=O)Nc2ccc(Br)cn2)cc1. The highest BCUT2D eigenvalue weighted by Gasteiger charge is 2.14. The molecular weight excluding hydrogens is 408 g/mol. The molecule has 1 aromatic heterocycles. The Hall–Kier alpha value is -3.50. The number of pyridine rings is 1. The number of aromatic nitrogens is 1. The molecule has 3 aromatic rings. The number of hydrogen-bond acceptors (Lipinski definition) is 4. The van der Waals surface area contributed by atoms with Crippen molar-refractivity contribution in [1.29, 1.82) is 5.26 Å². The Balaban J connectivity index is 1.78. The molecule has 2 N–H and O–H groups in total. The van der Waals surface area contributed by atoms with E-state index in [1.165, 1.54) is 0 Å². The molecule has 0 aliphatic heterocycles. The van der Waals surface area contributed by atoms with Gasteiger partial charge in [0.2, 0.25) is 0 Å². The highest BCUT2D eigenvalue weighted by Crippen LogP contribution is 2.19. The second-order valence-electron chi connectivity index (χ2n) is 5.50. The number of anilines is 2. The lowest BCUT2D eigenvalue weighted by molar-refractivity contribution is 0.102. The maximum Gasteiger partial charge on any atom is 0.258 e. The summed E-state index contributed by atoms with van der Waals surface area (Å²) in [6.45, 7) is 0. The highest BCUT2D eigenvalue weighted by atomic mass is 79.9. The van der Waals surface area contributed by atoms with Crippen molar-refractivity contribution in [3.8, 4) is 6.07 Å². The van der Waals surface area contributed by atoms with Gasteiger partial charge in [-0.15, -0.1) is 0 Å². The molecule has 2 amide bonds. The van der Waals surface area contributed by atoms with Gasteiger partial charge in [-0.2, -0.15) is 5.26 Å². The molecule has 7 heteroatoms. The summed E-state index contributed by atoms with van der Waals surface area (Å²) >= 11 is 3.29. The zero-order valence-electron chi connectivity index (χ0n) is 13.9. The fourth-order valence-corrected chi connectivity index (χ4v) is 2.55. The van der Waals surface area contributed by atoms with E-state index in [9.17, 15) is 9.59 Å². The first-order chi connectivity index (χ1) is 13.1. The zero-order chi connectivity index (χ0) is 19.2. The van der Waals surface area contributed by atoms with Gasteiger partial charge in [0.15, 0.2) is 0 Å². The van der Waals surface area contributed by atoms with Crippen molar-refractivity contribution in [2.45, 2.75) is 0 Å². The van der Waals surface area contributed by atoms with Crippen LogP contribution in [0.5, 0.6) is 0 Å². The van der Waals surface area contributed by atoms with E-state index in [0.29, 0.717) is 28.2 Å². The van der Waals surface area contributed by atoms with Crippen LogP contribution in [0.2, 0.25) is 0 Å². The molecule has 0 saturated carbocycles. The number of carbonyl (C=O) groups is 2. The van der Waals surface area contributed by atoms with Crippen LogP contribution in [-0.4, -0.2) is 16.8 Å². The Morgan fingerprint density at radius 1 is 0.926 bits per heavy atom. The first-order valence-electron chi connectivity index (χ1n) is 7.90. The Kier molecular flexibility index (Phi) is 5.59. The van der Waals surface area contributed by atoms with Gasteiger partial charge in [-0.25, -0.2) is 4.98 Å². The van der Waals surface area contributed by atoms with E-state index in [0.717, 1.165) is 4.47 Å². The number of nitrogens with one attached hydrogen (secondary N) is 2. The van der Waals surface area contributed by atoms with Crippen molar-refractivity contribution >= 4 is 39.2 Å². The molecule has 0 aliphatic carbocycles. The minimum absolute atomic E-state index is 0.309. The molecule has 3 rings (SSSR count). The van der Waals surface area contributed by atoms with Crippen molar-refractivity contribution in [2.75, 3.05) is 10.6 Å². The zero-order valence-corrected chi connectivity index (χ0v) is 15.5. The van der Waals surface area contributed by atoms with Gasteiger partial charge < -0.3 is 10.6 Å². The number of carbonyl (C=O) groups excluding carboxylic acids is 2. The van der Waals surface area contributed by atoms with E-state index in [1.807, 2.05) is 6.07 Å². The van der Waals surface area contributed by atoms with Crippen molar-refractivity contribution in [2.24, 2.45) is 0 Å². The van der Waals surface area contributed by atoms with E-state index < -0.39 is 0 Å². The lowest BCUT2D eigenvalue weighted by atomic mass is 10.1. The molecule has 6 nitrogen and oxygen atoms in total. The van der Waals surface area contributed by atoms with Crippen LogP contribution < -0.4 is 10.6 Å². The average molecular weight is 421 g/mol. The monoisotopic (exact) mass is 420 g/mol. The third kappa shape index (κ3) is 4.57. The molecule has 132 valence electrons. The quantitative estimate of drug-likeness (QED) is 0.660. The first kappa shape index (κ1) is 18.3. The molecule has 2 aromatic carbocycles. The molecule has 0 aliphatic rings. The lowest BCUT2D eigenvalue weighted by Crippen LogP contribution is -2.18. The topological polar surface area (TPSA) is 94.9 Å². The van der Waals surface area contributed by atoms with Gasteiger partial charge in [-0.3, -0.25) is 9.59 Å². The number of amides is 2. The summed E-state index contributed by atoms with van der Waals surface area (Å²) in [5.74, 6) is -0.363. The smallest absolute Gasteiger partial charge is 0.258 e. The molecule has 0 spiro atoms. The van der Waals surface area contributed by atoms with Crippen molar-refractivity contribution in [3.05, 3.63) is 88.0 Å². The van der Waals surface area contributed by atoms with Crippen LogP contribution in [0.1, 0.15) is 26.3 Å². The van der Waals surface area contributed by atoms with Crippen LogP contribution in [0.25, 0.3) is 0 Å². The fraction of sp³-hybridized carbons (Fsp3) is 0. The Labute approximate surface area is 164 Å². The molecule has 0 fully saturated rings. The largest absolute Gasteiger partial charge is 0.321 e. The van der Waals surface area contributed by atoms with Gasteiger partial charge in [-0.05, 0) is 64.5 Å². The second kappa shape index (κ2) is 8.25. The van der Waals surface area contributed by atoms with Crippen LogP contribution in [0.15, 0.2) is 71.3 Å². The molecule has 27 heavy (non-hydrogen) atoms. The summed E-state index contributed by atoms with van der Waals surface area (Å²) < 4.78 is 0.801. The highest BCUT2D eigenvalue weighted by molar-refractivity contribution is 9.10. The maximum absolute atomic E-state index is 12.6. The summed E-state index contributed by atoms with van der Waals surface area (Å²) in [6.07, 6.45) is 1.58. The molecular formula is C20H13BrN4O2. The minimum Gasteiger partial charge on any atom is -0.321 e. The van der Waals surface area contributed by atoms with E-state index in [4.69, 9.17) is 5.26 Å². The number of para-hydroxylation sites is 1. The molecule has 0 atom stereocenters. The summed E-state index contributed by atoms with van der Waals surface area (Å²) in [5.41, 5.74) is 1.54.